The van der Waals surface area contributed by atoms with Crippen molar-refractivity contribution in [2.45, 2.75) is 52.4 Å². The van der Waals surface area contributed by atoms with E-state index in [0.29, 0.717) is 18.0 Å². The summed E-state index contributed by atoms with van der Waals surface area (Å²) in [7, 11) is -3.26. The van der Waals surface area contributed by atoms with E-state index < -0.39 is 10.0 Å². The van der Waals surface area contributed by atoms with Crippen LogP contribution < -0.4 is 4.72 Å². The van der Waals surface area contributed by atoms with Crippen LogP contribution in [0.3, 0.4) is 0 Å². The van der Waals surface area contributed by atoms with Gasteiger partial charge in [-0.1, -0.05) is 24.3 Å². The lowest BCUT2D eigenvalue weighted by Gasteiger charge is -2.32. The Kier molecular flexibility index (Phi) is 7.89. The number of carbonyl (C=O) groups is 1. The van der Waals surface area contributed by atoms with E-state index in [9.17, 15) is 13.2 Å². The van der Waals surface area contributed by atoms with Crippen LogP contribution in [0.25, 0.3) is 0 Å². The Morgan fingerprint density at radius 1 is 1.06 bits per heavy atom. The first kappa shape index (κ1) is 23.5. The number of nitrogens with zero attached hydrogens (tertiary/aromatic N) is 1. The summed E-state index contributed by atoms with van der Waals surface area (Å²) in [5.74, 6) is 0.741. The van der Waals surface area contributed by atoms with Crippen molar-refractivity contribution in [3.05, 3.63) is 64.7 Å². The van der Waals surface area contributed by atoms with Crippen molar-refractivity contribution in [1.29, 1.82) is 0 Å². The van der Waals surface area contributed by atoms with Crippen molar-refractivity contribution in [2.75, 3.05) is 30.1 Å². The highest BCUT2D eigenvalue weighted by Crippen LogP contribution is 2.30. The lowest BCUT2D eigenvalue weighted by molar-refractivity contribution is 0.0972. The van der Waals surface area contributed by atoms with Gasteiger partial charge in [0.15, 0.2) is 5.78 Å². The largest absolute Gasteiger partial charge is 0.303 e. The van der Waals surface area contributed by atoms with Crippen molar-refractivity contribution < 1.29 is 13.2 Å². The van der Waals surface area contributed by atoms with E-state index in [4.69, 9.17) is 0 Å². The number of sulfonamides is 1. The summed E-state index contributed by atoms with van der Waals surface area (Å²) < 4.78 is 26.3. The summed E-state index contributed by atoms with van der Waals surface area (Å²) >= 11 is 0. The van der Waals surface area contributed by atoms with Crippen LogP contribution in [0.15, 0.2) is 42.5 Å². The van der Waals surface area contributed by atoms with Gasteiger partial charge >= 0.3 is 0 Å². The molecule has 1 N–H and O–H groups in total. The second-order valence-electron chi connectivity index (χ2n) is 8.57. The first-order valence-corrected chi connectivity index (χ1v) is 12.9. The molecule has 1 aliphatic rings. The van der Waals surface area contributed by atoms with Crippen molar-refractivity contribution in [3.63, 3.8) is 0 Å². The molecule has 1 heterocycles. The maximum Gasteiger partial charge on any atom is 0.232 e. The van der Waals surface area contributed by atoms with E-state index >= 15 is 0 Å². The molecular formula is C25H34N2O3S. The summed E-state index contributed by atoms with van der Waals surface area (Å²) in [4.78, 5) is 14.9. The van der Waals surface area contributed by atoms with Crippen LogP contribution in [0, 0.1) is 13.8 Å². The van der Waals surface area contributed by atoms with Gasteiger partial charge in [-0.25, -0.2) is 8.42 Å². The third-order valence-electron chi connectivity index (χ3n) is 6.31. The lowest BCUT2D eigenvalue weighted by Crippen LogP contribution is -2.33. The third-order valence-corrected chi connectivity index (χ3v) is 7.61. The molecule has 0 saturated carbocycles. The lowest BCUT2D eigenvalue weighted by atomic mass is 9.89. The van der Waals surface area contributed by atoms with Crippen molar-refractivity contribution >= 4 is 21.5 Å². The Morgan fingerprint density at radius 2 is 1.81 bits per heavy atom. The first-order valence-electron chi connectivity index (χ1n) is 11.2. The quantitative estimate of drug-likeness (QED) is 0.561. The maximum absolute atomic E-state index is 12.5. The normalized spacial score (nSPS) is 15.7. The fourth-order valence-corrected chi connectivity index (χ4v) is 4.75. The third kappa shape index (κ3) is 6.65. The molecule has 3 rings (SSSR count). The van der Waals surface area contributed by atoms with Crippen LogP contribution in [-0.2, 0) is 10.0 Å². The van der Waals surface area contributed by atoms with E-state index in [1.54, 1.807) is 13.0 Å². The fourth-order valence-electron chi connectivity index (χ4n) is 4.12. The molecule has 1 saturated heterocycles. The minimum Gasteiger partial charge on any atom is -0.303 e. The number of aryl methyl sites for hydroxylation is 2. The van der Waals surface area contributed by atoms with Gasteiger partial charge in [0.25, 0.3) is 0 Å². The number of piperidine rings is 1. The number of anilines is 1. The number of carbonyl (C=O) groups excluding carboxylic acids is 1. The van der Waals surface area contributed by atoms with E-state index in [1.165, 1.54) is 16.7 Å². The summed E-state index contributed by atoms with van der Waals surface area (Å²) in [5, 5.41) is 0. The molecule has 0 aromatic heterocycles. The number of hydrogen-bond donors (Lipinski definition) is 1. The minimum absolute atomic E-state index is 0.0711. The van der Waals surface area contributed by atoms with Gasteiger partial charge in [0, 0.05) is 17.7 Å². The summed E-state index contributed by atoms with van der Waals surface area (Å²) in [6.07, 6.45) is 3.57. The molecule has 2 aromatic carbocycles. The molecule has 0 radical (unpaired) electrons. The number of nitrogens with one attached hydrogen (secondary N) is 1. The van der Waals surface area contributed by atoms with Gasteiger partial charge in [-0.2, -0.15) is 0 Å². The van der Waals surface area contributed by atoms with Crippen LogP contribution >= 0.6 is 0 Å². The molecule has 6 heteroatoms. The zero-order valence-corrected chi connectivity index (χ0v) is 19.7. The second kappa shape index (κ2) is 10.4. The monoisotopic (exact) mass is 442 g/mol. The SMILES string of the molecule is CCS(=O)(=O)Nc1cccc(C2CCN(CCCC(=O)c3ccc(C)c(C)c3)CC2)c1. The highest BCUT2D eigenvalue weighted by Gasteiger charge is 2.21. The smallest absolute Gasteiger partial charge is 0.232 e. The zero-order valence-electron chi connectivity index (χ0n) is 18.9. The molecule has 0 bridgehead atoms. The zero-order chi connectivity index (χ0) is 22.4. The van der Waals surface area contributed by atoms with E-state index in [2.05, 4.69) is 22.6 Å². The molecule has 0 amide bonds. The number of likely N-dealkylation sites (tertiary alicyclic amines) is 1. The van der Waals surface area contributed by atoms with Gasteiger partial charge in [0.2, 0.25) is 10.0 Å². The van der Waals surface area contributed by atoms with Crippen LogP contribution in [0.4, 0.5) is 5.69 Å². The molecule has 1 aliphatic heterocycles. The van der Waals surface area contributed by atoms with Crippen LogP contribution in [0.2, 0.25) is 0 Å². The Bertz CT molecular complexity index is 1010. The van der Waals surface area contributed by atoms with Gasteiger partial charge in [0.1, 0.15) is 0 Å². The standard InChI is InChI=1S/C25H34N2O3S/c1-4-31(29,30)26-24-8-5-7-22(18-24)21-12-15-27(16-13-21)14-6-9-25(28)23-11-10-19(2)20(3)17-23/h5,7-8,10-11,17-18,21,26H,4,6,9,12-16H2,1-3H3. The summed E-state index contributed by atoms with van der Waals surface area (Å²) in [6.45, 7) is 8.70. The highest BCUT2D eigenvalue weighted by molar-refractivity contribution is 7.92. The van der Waals surface area contributed by atoms with Gasteiger partial charge < -0.3 is 4.90 Å². The molecule has 1 fully saturated rings. The number of ketones is 1. The molecule has 0 spiro atoms. The van der Waals surface area contributed by atoms with Gasteiger partial charge in [0.05, 0.1) is 5.75 Å². The van der Waals surface area contributed by atoms with Gasteiger partial charge in [-0.3, -0.25) is 9.52 Å². The number of rotatable bonds is 9. The fraction of sp³-hybridized carbons (Fsp3) is 0.480. The molecule has 0 aliphatic carbocycles. The highest BCUT2D eigenvalue weighted by atomic mass is 32.2. The first-order chi connectivity index (χ1) is 14.8. The molecule has 2 aromatic rings. The maximum atomic E-state index is 12.5. The van der Waals surface area contributed by atoms with E-state index in [0.717, 1.165) is 44.5 Å². The van der Waals surface area contributed by atoms with Crippen molar-refractivity contribution in [3.8, 4) is 0 Å². The van der Waals surface area contributed by atoms with Gasteiger partial charge in [-0.05, 0) is 100 Å². The number of hydrogen-bond acceptors (Lipinski definition) is 4. The Balaban J connectivity index is 1.45. The predicted octanol–water partition coefficient (Wildman–Crippen LogP) is 4.91. The van der Waals surface area contributed by atoms with Crippen LogP contribution in [-0.4, -0.2) is 44.5 Å². The predicted molar refractivity (Wildman–Crippen MR) is 127 cm³/mol. The van der Waals surface area contributed by atoms with Crippen LogP contribution in [0.1, 0.15) is 65.6 Å². The Morgan fingerprint density at radius 3 is 2.48 bits per heavy atom. The van der Waals surface area contributed by atoms with Crippen LogP contribution in [0.5, 0.6) is 0 Å². The summed E-state index contributed by atoms with van der Waals surface area (Å²) in [5.41, 5.74) is 5.04. The van der Waals surface area contributed by atoms with E-state index in [-0.39, 0.29) is 11.5 Å². The Labute approximate surface area is 186 Å². The van der Waals surface area contributed by atoms with Gasteiger partial charge in [-0.15, -0.1) is 0 Å². The molecule has 0 unspecified atom stereocenters. The second-order valence-corrected chi connectivity index (χ2v) is 10.6. The average molecular weight is 443 g/mol. The van der Waals surface area contributed by atoms with Crippen molar-refractivity contribution in [2.24, 2.45) is 0 Å². The Hall–Kier alpha value is -2.18. The molecule has 5 nitrogen and oxygen atoms in total. The average Bonchev–Trinajstić information content (AvgIpc) is 2.76. The molecule has 31 heavy (non-hydrogen) atoms. The number of benzene rings is 2. The summed E-state index contributed by atoms with van der Waals surface area (Å²) in [6, 6.07) is 13.7. The molecule has 0 atom stereocenters. The molecular weight excluding hydrogens is 408 g/mol. The van der Waals surface area contributed by atoms with Crippen molar-refractivity contribution in [1.82, 2.24) is 4.90 Å². The number of Topliss-reactive ketones (excluding diaryl/α,β-unsaturated/α-hetero) is 1. The van der Waals surface area contributed by atoms with E-state index in [1.807, 2.05) is 37.3 Å². The minimum atomic E-state index is -3.26. The molecule has 168 valence electrons. The topological polar surface area (TPSA) is 66.5 Å².